The molecule has 2 aliphatic heterocycles. The second-order valence-electron chi connectivity index (χ2n) is 6.23. The van der Waals surface area contributed by atoms with Crippen molar-refractivity contribution in [2.75, 3.05) is 18.8 Å². The first-order chi connectivity index (χ1) is 10.8. The quantitative estimate of drug-likeness (QED) is 0.848. The fourth-order valence-electron chi connectivity index (χ4n) is 3.34. The van der Waals surface area contributed by atoms with E-state index < -0.39 is 0 Å². The Morgan fingerprint density at radius 2 is 2.32 bits per heavy atom. The molecule has 1 atom stereocenters. The maximum Gasteiger partial charge on any atom is 0.0947 e. The normalized spacial score (nSPS) is 23.7. The summed E-state index contributed by atoms with van der Waals surface area (Å²) in [6.45, 7) is 3.94. The van der Waals surface area contributed by atoms with E-state index in [0.717, 1.165) is 37.5 Å². The van der Waals surface area contributed by atoms with Crippen molar-refractivity contribution in [2.24, 2.45) is 0 Å². The van der Waals surface area contributed by atoms with Crippen LogP contribution in [0.3, 0.4) is 0 Å². The standard InChI is InChI=1S/C17H20N2O2S/c1-2-5-18-15(3-1)10-21-16-7-17(22-11-16)12-19(13-17)8-14-4-6-20-9-14/h1-6,9,16H,7-8,10-13H2/t16-/m1/s1. The van der Waals surface area contributed by atoms with Crippen LogP contribution in [0.1, 0.15) is 17.7 Å². The van der Waals surface area contributed by atoms with E-state index in [1.54, 1.807) is 6.26 Å². The second kappa shape index (κ2) is 6.07. The fraction of sp³-hybridized carbons (Fsp3) is 0.471. The largest absolute Gasteiger partial charge is 0.472 e. The van der Waals surface area contributed by atoms with Crippen LogP contribution in [0.5, 0.6) is 0 Å². The lowest BCUT2D eigenvalue weighted by molar-refractivity contribution is 0.0250. The van der Waals surface area contributed by atoms with Crippen LogP contribution < -0.4 is 0 Å². The molecule has 4 rings (SSSR count). The van der Waals surface area contributed by atoms with Crippen molar-refractivity contribution in [2.45, 2.75) is 30.4 Å². The van der Waals surface area contributed by atoms with Crippen molar-refractivity contribution < 1.29 is 9.15 Å². The molecule has 4 nitrogen and oxygen atoms in total. The highest BCUT2D eigenvalue weighted by Gasteiger charge is 2.49. The number of ether oxygens (including phenoxy) is 1. The highest BCUT2D eigenvalue weighted by molar-refractivity contribution is 8.01. The zero-order valence-electron chi connectivity index (χ0n) is 12.5. The molecule has 116 valence electrons. The van der Waals surface area contributed by atoms with Crippen molar-refractivity contribution in [3.8, 4) is 0 Å². The van der Waals surface area contributed by atoms with Crippen LogP contribution in [0.2, 0.25) is 0 Å². The van der Waals surface area contributed by atoms with E-state index in [-0.39, 0.29) is 0 Å². The monoisotopic (exact) mass is 316 g/mol. The van der Waals surface area contributed by atoms with Gasteiger partial charge in [-0.15, -0.1) is 11.8 Å². The molecule has 0 radical (unpaired) electrons. The summed E-state index contributed by atoms with van der Waals surface area (Å²) in [5.41, 5.74) is 2.28. The lowest BCUT2D eigenvalue weighted by Gasteiger charge is -2.47. The van der Waals surface area contributed by atoms with Gasteiger partial charge in [0, 0.05) is 41.9 Å². The van der Waals surface area contributed by atoms with E-state index in [1.807, 2.05) is 36.7 Å². The third-order valence-corrected chi connectivity index (χ3v) is 5.95. The molecule has 2 saturated heterocycles. The lowest BCUT2D eigenvalue weighted by Crippen LogP contribution is -2.58. The number of nitrogens with zero attached hydrogens (tertiary/aromatic N) is 2. The van der Waals surface area contributed by atoms with Crippen molar-refractivity contribution in [1.82, 2.24) is 9.88 Å². The van der Waals surface area contributed by atoms with Gasteiger partial charge < -0.3 is 9.15 Å². The van der Waals surface area contributed by atoms with Gasteiger partial charge in [0.1, 0.15) is 0 Å². The third-order valence-electron chi connectivity index (χ3n) is 4.38. The Bertz CT molecular complexity index is 596. The molecule has 0 aliphatic carbocycles. The Labute approximate surface area is 134 Å². The van der Waals surface area contributed by atoms with Crippen LogP contribution in [-0.2, 0) is 17.9 Å². The van der Waals surface area contributed by atoms with Crippen molar-refractivity contribution in [3.05, 3.63) is 54.2 Å². The summed E-state index contributed by atoms with van der Waals surface area (Å²) in [5.74, 6) is 1.10. The third kappa shape index (κ3) is 3.07. The minimum Gasteiger partial charge on any atom is -0.472 e. The van der Waals surface area contributed by atoms with Gasteiger partial charge in [-0.3, -0.25) is 9.88 Å². The molecule has 0 aromatic carbocycles. The van der Waals surface area contributed by atoms with Gasteiger partial charge in [0.15, 0.2) is 0 Å². The first-order valence-electron chi connectivity index (χ1n) is 7.70. The Kier molecular flexibility index (Phi) is 3.94. The predicted octanol–water partition coefficient (Wildman–Crippen LogP) is 2.95. The molecule has 0 bridgehead atoms. The van der Waals surface area contributed by atoms with Gasteiger partial charge in [0.05, 0.1) is 30.9 Å². The average Bonchev–Trinajstić information content (AvgIpc) is 3.16. The van der Waals surface area contributed by atoms with Crippen molar-refractivity contribution >= 4 is 11.8 Å². The first-order valence-corrected chi connectivity index (χ1v) is 8.69. The second-order valence-corrected chi connectivity index (χ2v) is 7.72. The van der Waals surface area contributed by atoms with Gasteiger partial charge in [-0.05, 0) is 24.6 Å². The van der Waals surface area contributed by atoms with Gasteiger partial charge in [0.25, 0.3) is 0 Å². The van der Waals surface area contributed by atoms with Gasteiger partial charge in [-0.1, -0.05) is 6.07 Å². The van der Waals surface area contributed by atoms with Crippen LogP contribution in [0.15, 0.2) is 47.4 Å². The summed E-state index contributed by atoms with van der Waals surface area (Å²) in [6.07, 6.45) is 6.93. The highest BCUT2D eigenvalue weighted by atomic mass is 32.2. The van der Waals surface area contributed by atoms with E-state index in [0.29, 0.717) is 17.5 Å². The zero-order chi connectivity index (χ0) is 14.8. The number of hydrogen-bond acceptors (Lipinski definition) is 5. The van der Waals surface area contributed by atoms with Crippen LogP contribution in [0.4, 0.5) is 0 Å². The molecule has 22 heavy (non-hydrogen) atoms. The number of furan rings is 1. The van der Waals surface area contributed by atoms with Gasteiger partial charge in [-0.2, -0.15) is 0 Å². The molecular weight excluding hydrogens is 296 g/mol. The lowest BCUT2D eigenvalue weighted by atomic mass is 9.92. The van der Waals surface area contributed by atoms with Crippen LogP contribution in [0, 0.1) is 0 Å². The van der Waals surface area contributed by atoms with E-state index in [4.69, 9.17) is 9.15 Å². The molecule has 4 heterocycles. The summed E-state index contributed by atoms with van der Waals surface area (Å²) in [4.78, 5) is 6.80. The van der Waals surface area contributed by atoms with E-state index >= 15 is 0 Å². The molecule has 2 fully saturated rings. The summed E-state index contributed by atoms with van der Waals surface area (Å²) in [5, 5.41) is 0. The van der Waals surface area contributed by atoms with E-state index in [9.17, 15) is 0 Å². The van der Waals surface area contributed by atoms with Crippen LogP contribution >= 0.6 is 11.8 Å². The Hall–Kier alpha value is -1.30. The SMILES string of the molecule is c1ccc(CO[C@H]2CSC3(C2)CN(Cc2ccoc2)C3)nc1. The zero-order valence-corrected chi connectivity index (χ0v) is 13.3. The molecular formula is C17H20N2O2S. The first kappa shape index (κ1) is 14.3. The fourth-order valence-corrected chi connectivity index (χ4v) is 4.94. The topological polar surface area (TPSA) is 38.5 Å². The number of likely N-dealkylation sites (tertiary alicyclic amines) is 1. The number of hydrogen-bond donors (Lipinski definition) is 0. The molecule has 2 aromatic heterocycles. The maximum absolute atomic E-state index is 6.04. The van der Waals surface area contributed by atoms with Gasteiger partial charge >= 0.3 is 0 Å². The van der Waals surface area contributed by atoms with Crippen LogP contribution in [-0.4, -0.2) is 39.6 Å². The molecule has 0 unspecified atom stereocenters. The van der Waals surface area contributed by atoms with Crippen molar-refractivity contribution in [1.29, 1.82) is 0 Å². The molecule has 2 aromatic rings. The molecule has 0 saturated carbocycles. The summed E-state index contributed by atoms with van der Waals surface area (Å²) < 4.78 is 11.6. The van der Waals surface area contributed by atoms with Crippen LogP contribution in [0.25, 0.3) is 0 Å². The molecule has 2 aliphatic rings. The van der Waals surface area contributed by atoms with E-state index in [2.05, 4.69) is 21.6 Å². The predicted molar refractivity (Wildman–Crippen MR) is 86.6 cm³/mol. The van der Waals surface area contributed by atoms with Gasteiger partial charge in [0.2, 0.25) is 0 Å². The average molecular weight is 316 g/mol. The molecule has 0 amide bonds. The highest BCUT2D eigenvalue weighted by Crippen LogP contribution is 2.46. The number of aromatic nitrogens is 1. The molecule has 5 heteroatoms. The smallest absolute Gasteiger partial charge is 0.0947 e. The Balaban J connectivity index is 1.23. The molecule has 1 spiro atoms. The summed E-state index contributed by atoms with van der Waals surface area (Å²) in [6, 6.07) is 8.02. The summed E-state index contributed by atoms with van der Waals surface area (Å²) >= 11 is 2.08. The number of pyridine rings is 1. The minimum atomic E-state index is 0.364. The summed E-state index contributed by atoms with van der Waals surface area (Å²) in [7, 11) is 0. The number of thioether (sulfide) groups is 1. The maximum atomic E-state index is 6.04. The minimum absolute atomic E-state index is 0.364. The van der Waals surface area contributed by atoms with Crippen molar-refractivity contribution in [3.63, 3.8) is 0 Å². The van der Waals surface area contributed by atoms with E-state index in [1.165, 1.54) is 5.56 Å². The number of rotatable bonds is 5. The molecule has 0 N–H and O–H groups in total. The van der Waals surface area contributed by atoms with Gasteiger partial charge in [-0.25, -0.2) is 0 Å². The Morgan fingerprint density at radius 1 is 1.36 bits per heavy atom. The Morgan fingerprint density at radius 3 is 3.09 bits per heavy atom.